The number of hydrogen-bond donors (Lipinski definition) is 2. The molecule has 0 aromatic carbocycles. The Balaban J connectivity index is 1.59. The number of β-lactam (4-membered cyclic amide) rings is 1. The van der Waals surface area contributed by atoms with Gasteiger partial charge in [0, 0.05) is 49.3 Å². The third kappa shape index (κ3) is 4.93. The maximum atomic E-state index is 13.6. The quantitative estimate of drug-likeness (QED) is 0.492. The Kier molecular flexibility index (Phi) is 6.95. The van der Waals surface area contributed by atoms with Gasteiger partial charge < -0.3 is 16.0 Å². The van der Waals surface area contributed by atoms with E-state index in [4.69, 9.17) is 5.73 Å². The number of aromatic nitrogens is 4. The lowest BCUT2D eigenvalue weighted by Crippen LogP contribution is -2.70. The van der Waals surface area contributed by atoms with E-state index >= 15 is 0 Å². The number of carbonyl (C=O) groups is 3. The molecule has 0 radical (unpaired) electrons. The normalized spacial score (nSPS) is 17.9. The summed E-state index contributed by atoms with van der Waals surface area (Å²) in [5, 5.41) is 2.85. The van der Waals surface area contributed by atoms with Crippen LogP contribution in [-0.2, 0) is 16.0 Å². The first-order chi connectivity index (χ1) is 16.9. The summed E-state index contributed by atoms with van der Waals surface area (Å²) in [4.78, 5) is 58.4. The summed E-state index contributed by atoms with van der Waals surface area (Å²) in [5.41, 5.74) is 7.85. The van der Waals surface area contributed by atoms with Gasteiger partial charge in [0.15, 0.2) is 0 Å². The number of nitrogens with two attached hydrogens (primary N) is 1. The lowest BCUT2D eigenvalue weighted by molar-refractivity contribution is -0.156. The molecule has 1 fully saturated rings. The minimum absolute atomic E-state index is 0.250. The van der Waals surface area contributed by atoms with Gasteiger partial charge >= 0.3 is 6.03 Å². The van der Waals surface area contributed by atoms with Crippen molar-refractivity contribution in [3.63, 3.8) is 0 Å². The molecule has 4 heterocycles. The minimum Gasteiger partial charge on any atom is -0.384 e. The van der Waals surface area contributed by atoms with Crippen LogP contribution in [0.25, 0.3) is 0 Å². The van der Waals surface area contributed by atoms with E-state index in [2.05, 4.69) is 25.3 Å². The predicted molar refractivity (Wildman–Crippen MR) is 128 cm³/mol. The molecular formula is C24H26N8O3. The number of imide groups is 1. The molecule has 1 unspecified atom stereocenters. The van der Waals surface area contributed by atoms with Crippen molar-refractivity contribution in [2.24, 2.45) is 5.92 Å². The van der Waals surface area contributed by atoms with Crippen LogP contribution in [0.4, 0.5) is 16.3 Å². The largest absolute Gasteiger partial charge is 0.384 e. The topological polar surface area (TPSA) is 147 Å². The zero-order valence-corrected chi connectivity index (χ0v) is 19.4. The molecule has 4 amide bonds. The molecule has 1 saturated heterocycles. The molecular weight excluding hydrogens is 448 g/mol. The van der Waals surface area contributed by atoms with Crippen molar-refractivity contribution in [2.75, 3.05) is 17.7 Å². The summed E-state index contributed by atoms with van der Waals surface area (Å²) in [5.74, 6) is -1.22. The van der Waals surface area contributed by atoms with E-state index in [1.54, 1.807) is 62.3 Å². The third-order valence-corrected chi connectivity index (χ3v) is 6.06. The first-order valence-corrected chi connectivity index (χ1v) is 11.2. The highest BCUT2D eigenvalue weighted by molar-refractivity contribution is 6.12. The van der Waals surface area contributed by atoms with Crippen LogP contribution >= 0.6 is 0 Å². The number of anilines is 2. The number of likely N-dealkylation sites (tertiary alicyclic amines) is 1. The molecule has 1 aliphatic heterocycles. The summed E-state index contributed by atoms with van der Waals surface area (Å²) >= 11 is 0. The molecule has 3 atom stereocenters. The van der Waals surface area contributed by atoms with Gasteiger partial charge in [-0.25, -0.2) is 19.7 Å². The molecule has 0 saturated carbocycles. The molecule has 1 aliphatic rings. The lowest BCUT2D eigenvalue weighted by Gasteiger charge is -2.46. The van der Waals surface area contributed by atoms with Gasteiger partial charge in [-0.3, -0.25) is 19.5 Å². The molecule has 11 heteroatoms. The molecule has 11 nitrogen and oxygen atoms in total. The third-order valence-electron chi connectivity index (χ3n) is 6.06. The van der Waals surface area contributed by atoms with Crippen LogP contribution in [0.1, 0.15) is 30.5 Å². The van der Waals surface area contributed by atoms with E-state index in [9.17, 15) is 14.4 Å². The number of amides is 4. The van der Waals surface area contributed by atoms with Crippen molar-refractivity contribution in [1.82, 2.24) is 30.2 Å². The van der Waals surface area contributed by atoms with Crippen LogP contribution < -0.4 is 16.0 Å². The van der Waals surface area contributed by atoms with Gasteiger partial charge in [0.1, 0.15) is 18.2 Å². The molecule has 180 valence electrons. The van der Waals surface area contributed by atoms with E-state index in [1.165, 1.54) is 11.2 Å². The highest BCUT2D eigenvalue weighted by Crippen LogP contribution is 2.33. The Morgan fingerprint density at radius 1 is 1.14 bits per heavy atom. The molecule has 0 bridgehead atoms. The van der Waals surface area contributed by atoms with Crippen molar-refractivity contribution >= 4 is 29.4 Å². The second kappa shape index (κ2) is 10.2. The van der Waals surface area contributed by atoms with Crippen molar-refractivity contribution in [2.45, 2.75) is 31.8 Å². The number of nitrogen functional groups attached to an aromatic ring is 1. The fourth-order valence-corrected chi connectivity index (χ4v) is 4.16. The minimum atomic E-state index is -0.986. The van der Waals surface area contributed by atoms with E-state index in [-0.39, 0.29) is 12.3 Å². The number of urea groups is 1. The average Bonchev–Trinajstić information content (AvgIpc) is 2.89. The van der Waals surface area contributed by atoms with Gasteiger partial charge in [0.25, 0.3) is 5.91 Å². The van der Waals surface area contributed by atoms with E-state index < -0.39 is 29.9 Å². The molecule has 3 aromatic heterocycles. The molecule has 4 rings (SSSR count). The summed E-state index contributed by atoms with van der Waals surface area (Å²) in [7, 11) is 1.61. The molecule has 3 aromatic rings. The van der Waals surface area contributed by atoms with E-state index in [0.29, 0.717) is 23.5 Å². The van der Waals surface area contributed by atoms with Crippen molar-refractivity contribution < 1.29 is 14.4 Å². The summed E-state index contributed by atoms with van der Waals surface area (Å²) in [6.07, 6.45) is 10.1. The molecule has 3 N–H and O–H groups in total. The number of nitrogens with one attached hydrogen (secondary N) is 1. The SMILES string of the molecule is CC[C@@H](NC(=O)N1C(=O)C(Cc2ccnc(N)c2)[C@H]1C(=O)N(C)c1ccncc1)c1cncnc1. The van der Waals surface area contributed by atoms with Gasteiger partial charge in [0.2, 0.25) is 5.91 Å². The first kappa shape index (κ1) is 23.7. The second-order valence-electron chi connectivity index (χ2n) is 8.24. The number of nitrogens with zero attached hydrogens (tertiary/aromatic N) is 6. The van der Waals surface area contributed by atoms with Gasteiger partial charge in [0.05, 0.1) is 12.0 Å². The number of hydrogen-bond acceptors (Lipinski definition) is 8. The van der Waals surface area contributed by atoms with Crippen LogP contribution in [0.5, 0.6) is 0 Å². The number of pyridine rings is 2. The van der Waals surface area contributed by atoms with Crippen LogP contribution in [-0.4, -0.2) is 55.8 Å². The Morgan fingerprint density at radius 3 is 2.51 bits per heavy atom. The van der Waals surface area contributed by atoms with Gasteiger partial charge in [-0.2, -0.15) is 0 Å². The number of carbonyl (C=O) groups excluding carboxylic acids is 3. The maximum absolute atomic E-state index is 13.6. The Hall–Kier alpha value is -4.41. The van der Waals surface area contributed by atoms with Crippen molar-refractivity contribution in [1.29, 1.82) is 0 Å². The average molecular weight is 475 g/mol. The Morgan fingerprint density at radius 2 is 1.86 bits per heavy atom. The molecule has 35 heavy (non-hydrogen) atoms. The predicted octanol–water partition coefficient (Wildman–Crippen LogP) is 1.74. The lowest BCUT2D eigenvalue weighted by atomic mass is 9.81. The number of likely N-dealkylation sites (N-methyl/N-ethyl adjacent to an activating group) is 1. The van der Waals surface area contributed by atoms with Gasteiger partial charge in [-0.15, -0.1) is 0 Å². The summed E-state index contributed by atoms with van der Waals surface area (Å²) in [6, 6.07) is 4.73. The van der Waals surface area contributed by atoms with Crippen molar-refractivity contribution in [3.8, 4) is 0 Å². The standard InChI is InChI=1S/C24H26N8O3/c1-3-19(16-12-27-14-28-13-16)30-24(35)32-21(23(34)31(2)17-5-7-26-8-6-17)18(22(32)33)10-15-4-9-29-20(25)11-15/h4-9,11-14,18-19,21H,3,10H2,1-2H3,(H2,25,29)(H,30,35)/t18?,19-,21+/m1/s1. The fourth-order valence-electron chi connectivity index (χ4n) is 4.16. The van der Waals surface area contributed by atoms with Gasteiger partial charge in [-0.1, -0.05) is 6.92 Å². The first-order valence-electron chi connectivity index (χ1n) is 11.2. The Labute approximate surface area is 202 Å². The van der Waals surface area contributed by atoms with Crippen LogP contribution in [0.15, 0.2) is 61.6 Å². The highest BCUT2D eigenvalue weighted by atomic mass is 16.2. The van der Waals surface area contributed by atoms with Crippen molar-refractivity contribution in [3.05, 3.63) is 72.7 Å². The highest BCUT2D eigenvalue weighted by Gasteiger charge is 2.55. The van der Waals surface area contributed by atoms with E-state index in [1.807, 2.05) is 6.92 Å². The Bertz CT molecular complexity index is 1210. The monoisotopic (exact) mass is 474 g/mol. The second-order valence-corrected chi connectivity index (χ2v) is 8.24. The van der Waals surface area contributed by atoms with E-state index in [0.717, 1.165) is 10.5 Å². The van der Waals surface area contributed by atoms with Crippen LogP contribution in [0.3, 0.4) is 0 Å². The summed E-state index contributed by atoms with van der Waals surface area (Å²) < 4.78 is 0. The zero-order valence-electron chi connectivity index (χ0n) is 19.4. The van der Waals surface area contributed by atoms with Gasteiger partial charge in [-0.05, 0) is 42.7 Å². The molecule has 0 spiro atoms. The number of rotatable bonds is 7. The molecule has 0 aliphatic carbocycles. The fraction of sp³-hybridized carbons (Fsp3) is 0.292. The maximum Gasteiger partial charge on any atom is 0.325 e. The smallest absolute Gasteiger partial charge is 0.325 e. The van der Waals surface area contributed by atoms with Crippen LogP contribution in [0, 0.1) is 5.92 Å². The zero-order chi connectivity index (χ0) is 24.9. The van der Waals surface area contributed by atoms with Crippen LogP contribution in [0.2, 0.25) is 0 Å². The summed E-state index contributed by atoms with van der Waals surface area (Å²) in [6.45, 7) is 1.90.